The van der Waals surface area contributed by atoms with Crippen molar-refractivity contribution in [2.75, 3.05) is 19.6 Å². The fraction of sp³-hybridized carbons (Fsp3) is 0.652. The number of amides is 1. The number of hydrogen-bond donors (Lipinski definition) is 2. The van der Waals surface area contributed by atoms with Gasteiger partial charge in [-0.1, -0.05) is 6.92 Å². The summed E-state index contributed by atoms with van der Waals surface area (Å²) in [4.78, 5) is 25.4. The molecule has 0 saturated carbocycles. The van der Waals surface area contributed by atoms with Crippen LogP contribution in [0, 0.1) is 5.82 Å². The molecule has 2 atom stereocenters. The number of hydrogen-bond acceptors (Lipinski definition) is 4. The maximum Gasteiger partial charge on any atom is 0.234 e. The number of fused-ring (bicyclic) bond motifs is 5. The van der Waals surface area contributed by atoms with Crippen LogP contribution >= 0.6 is 0 Å². The smallest absolute Gasteiger partial charge is 0.234 e. The predicted molar refractivity (Wildman–Crippen MR) is 117 cm³/mol. The van der Waals surface area contributed by atoms with Gasteiger partial charge in [-0.2, -0.15) is 0 Å². The number of imidazole rings is 1. The van der Waals surface area contributed by atoms with Crippen LogP contribution in [0.5, 0.6) is 0 Å². The van der Waals surface area contributed by atoms with Crippen LogP contribution in [0.3, 0.4) is 0 Å². The number of carbonyl (C=O) groups excluding carboxylic acids is 1. The highest BCUT2D eigenvalue weighted by Gasteiger charge is 2.36. The Morgan fingerprint density at radius 2 is 2.00 bits per heavy atom. The minimum absolute atomic E-state index is 0.105. The van der Waals surface area contributed by atoms with Crippen molar-refractivity contribution in [1.29, 1.82) is 0 Å². The van der Waals surface area contributed by atoms with E-state index in [1.54, 1.807) is 6.07 Å². The summed E-state index contributed by atoms with van der Waals surface area (Å²) in [5.74, 6) is 0.785. The third kappa shape index (κ3) is 4.67. The average molecular weight is 416 g/mol. The summed E-state index contributed by atoms with van der Waals surface area (Å²) in [7, 11) is 0. The van der Waals surface area contributed by atoms with Crippen LogP contribution < -0.4 is 5.32 Å². The number of nitrogens with one attached hydrogen (secondary N) is 2. The van der Waals surface area contributed by atoms with Gasteiger partial charge in [0.05, 0.1) is 24.1 Å². The summed E-state index contributed by atoms with van der Waals surface area (Å²) >= 11 is 0. The number of halogens is 1. The molecule has 0 radical (unpaired) electrons. The molecule has 1 aromatic carbocycles. The molecule has 6 nitrogen and oxygen atoms in total. The second-order valence-corrected chi connectivity index (χ2v) is 9.87. The summed E-state index contributed by atoms with van der Waals surface area (Å²) in [6, 6.07) is 4.01. The molecular weight excluding hydrogens is 381 g/mol. The second-order valence-electron chi connectivity index (χ2n) is 9.87. The van der Waals surface area contributed by atoms with E-state index in [0.717, 1.165) is 67.7 Å². The normalized spacial score (nSPS) is 23.1. The molecule has 1 amide bonds. The molecule has 7 heteroatoms. The molecule has 0 spiro atoms. The van der Waals surface area contributed by atoms with Gasteiger partial charge in [-0.3, -0.25) is 14.6 Å². The molecule has 2 N–H and O–H groups in total. The number of aromatic amines is 1. The number of aryl methyl sites for hydroxylation is 1. The molecule has 30 heavy (non-hydrogen) atoms. The van der Waals surface area contributed by atoms with E-state index in [-0.39, 0.29) is 17.3 Å². The lowest BCUT2D eigenvalue weighted by Crippen LogP contribution is -2.52. The molecular formula is C23H34FN5O. The third-order valence-electron chi connectivity index (χ3n) is 6.33. The van der Waals surface area contributed by atoms with E-state index in [2.05, 4.69) is 20.1 Å². The van der Waals surface area contributed by atoms with E-state index >= 15 is 0 Å². The lowest BCUT2D eigenvalue weighted by Gasteiger charge is -2.38. The van der Waals surface area contributed by atoms with Crippen LogP contribution in [-0.2, 0) is 17.8 Å². The van der Waals surface area contributed by atoms with Gasteiger partial charge in [-0.05, 0) is 64.2 Å². The Hall–Kier alpha value is -1.99. The number of aromatic nitrogens is 2. The molecule has 0 aliphatic carbocycles. The molecule has 3 aliphatic heterocycles. The fourth-order valence-corrected chi connectivity index (χ4v) is 4.98. The standard InChI is InChI=1S/C23H34FN5O/c1-5-15-10-16(24)11-19-22(15)26-20(25-19)13-28-9-8-17-6-7-18(28)12-29(17)14-21(30)27-23(2,3)4/h10-11,17-18H,5-9,12-14H2,1-4H3,(H,25,26)(H,27,30). The van der Waals surface area contributed by atoms with E-state index in [9.17, 15) is 9.18 Å². The van der Waals surface area contributed by atoms with Gasteiger partial charge in [-0.25, -0.2) is 9.37 Å². The predicted octanol–water partition coefficient (Wildman–Crippen LogP) is 3.22. The Morgan fingerprint density at radius 1 is 1.23 bits per heavy atom. The maximum absolute atomic E-state index is 13.9. The first kappa shape index (κ1) is 21.2. The number of piperidine rings is 1. The van der Waals surface area contributed by atoms with E-state index in [4.69, 9.17) is 4.98 Å². The highest BCUT2D eigenvalue weighted by atomic mass is 19.1. The highest BCUT2D eigenvalue weighted by molar-refractivity contribution is 5.79. The number of rotatable bonds is 5. The average Bonchev–Trinajstić information content (AvgIpc) is 2.86. The van der Waals surface area contributed by atoms with Crippen molar-refractivity contribution < 1.29 is 9.18 Å². The van der Waals surface area contributed by atoms with Crippen LogP contribution in [-0.4, -0.2) is 62.9 Å². The zero-order chi connectivity index (χ0) is 21.5. The number of carbonyl (C=O) groups is 1. The summed E-state index contributed by atoms with van der Waals surface area (Å²) in [6.07, 6.45) is 4.11. The Labute approximate surface area is 178 Å². The van der Waals surface area contributed by atoms with Crippen molar-refractivity contribution in [3.05, 3.63) is 29.3 Å². The molecule has 164 valence electrons. The highest BCUT2D eigenvalue weighted by Crippen LogP contribution is 2.29. The molecule has 3 fully saturated rings. The first-order valence-corrected chi connectivity index (χ1v) is 11.2. The molecule has 4 heterocycles. The van der Waals surface area contributed by atoms with E-state index in [1.165, 1.54) is 6.07 Å². The summed E-state index contributed by atoms with van der Waals surface area (Å²) in [6.45, 7) is 11.2. The van der Waals surface area contributed by atoms with E-state index in [0.29, 0.717) is 18.6 Å². The Morgan fingerprint density at radius 3 is 2.73 bits per heavy atom. The zero-order valence-electron chi connectivity index (χ0n) is 18.6. The quantitative estimate of drug-likeness (QED) is 0.787. The number of benzene rings is 1. The molecule has 1 aromatic heterocycles. The second kappa shape index (κ2) is 8.27. The number of H-pyrrole nitrogens is 1. The molecule has 2 aromatic rings. The van der Waals surface area contributed by atoms with Crippen LogP contribution in [0.15, 0.2) is 12.1 Å². The van der Waals surface area contributed by atoms with Gasteiger partial charge < -0.3 is 10.3 Å². The van der Waals surface area contributed by atoms with Crippen molar-refractivity contribution in [2.24, 2.45) is 0 Å². The Bertz CT molecular complexity index is 918. The van der Waals surface area contributed by atoms with Crippen LogP contribution in [0.25, 0.3) is 11.0 Å². The van der Waals surface area contributed by atoms with Crippen molar-refractivity contribution in [2.45, 2.75) is 77.5 Å². The Balaban J connectivity index is 1.46. The largest absolute Gasteiger partial charge is 0.350 e. The van der Waals surface area contributed by atoms with E-state index < -0.39 is 0 Å². The topological polar surface area (TPSA) is 64.3 Å². The van der Waals surface area contributed by atoms with Gasteiger partial charge in [0, 0.05) is 30.7 Å². The first-order valence-electron chi connectivity index (χ1n) is 11.2. The van der Waals surface area contributed by atoms with Gasteiger partial charge in [0.15, 0.2) is 0 Å². The fourth-order valence-electron chi connectivity index (χ4n) is 4.98. The zero-order valence-corrected chi connectivity index (χ0v) is 18.6. The number of nitrogens with zero attached hydrogens (tertiary/aromatic N) is 3. The molecule has 2 unspecified atom stereocenters. The SMILES string of the molecule is CCc1cc(F)cc2[nH]c(CN3CCC4CCC3CN4CC(=O)NC(C)(C)C)nc12. The Kier molecular flexibility index (Phi) is 5.86. The van der Waals surface area contributed by atoms with Gasteiger partial charge in [0.25, 0.3) is 0 Å². The van der Waals surface area contributed by atoms with Gasteiger partial charge >= 0.3 is 0 Å². The van der Waals surface area contributed by atoms with Crippen LogP contribution in [0.2, 0.25) is 0 Å². The minimum atomic E-state index is -0.216. The maximum atomic E-state index is 13.9. The lowest BCUT2D eigenvalue weighted by atomic mass is 9.98. The molecule has 3 saturated heterocycles. The van der Waals surface area contributed by atoms with E-state index in [1.807, 2.05) is 27.7 Å². The lowest BCUT2D eigenvalue weighted by molar-refractivity contribution is -0.124. The molecule has 2 bridgehead atoms. The van der Waals surface area contributed by atoms with Crippen molar-refractivity contribution in [3.8, 4) is 0 Å². The van der Waals surface area contributed by atoms with Gasteiger partial charge in [0.1, 0.15) is 11.6 Å². The monoisotopic (exact) mass is 415 g/mol. The first-order chi connectivity index (χ1) is 14.2. The summed E-state index contributed by atoms with van der Waals surface area (Å²) in [5.41, 5.74) is 2.40. The van der Waals surface area contributed by atoms with Crippen molar-refractivity contribution >= 4 is 16.9 Å². The third-order valence-corrected chi connectivity index (χ3v) is 6.33. The van der Waals surface area contributed by atoms with Crippen LogP contribution in [0.1, 0.15) is 58.3 Å². The van der Waals surface area contributed by atoms with Gasteiger partial charge in [-0.15, -0.1) is 0 Å². The van der Waals surface area contributed by atoms with Crippen LogP contribution in [0.4, 0.5) is 4.39 Å². The summed E-state index contributed by atoms with van der Waals surface area (Å²) < 4.78 is 13.9. The molecule has 5 rings (SSSR count). The van der Waals surface area contributed by atoms with Crippen molar-refractivity contribution in [1.82, 2.24) is 25.1 Å². The van der Waals surface area contributed by atoms with Crippen molar-refractivity contribution in [3.63, 3.8) is 0 Å². The summed E-state index contributed by atoms with van der Waals surface area (Å²) in [5, 5.41) is 3.09. The molecule has 3 aliphatic rings. The minimum Gasteiger partial charge on any atom is -0.350 e. The van der Waals surface area contributed by atoms with Gasteiger partial charge in [0.2, 0.25) is 5.91 Å².